The fourth-order valence-electron chi connectivity index (χ4n) is 3.92. The fraction of sp³-hybridized carbons (Fsp3) is 0.364. The molecule has 0 unspecified atom stereocenters. The van der Waals surface area contributed by atoms with Crippen LogP contribution in [0.3, 0.4) is 0 Å². The zero-order chi connectivity index (χ0) is 22.1. The van der Waals surface area contributed by atoms with Crippen molar-refractivity contribution in [3.8, 4) is 17.0 Å². The van der Waals surface area contributed by atoms with E-state index < -0.39 is 0 Å². The molecule has 4 aromatic heterocycles. The number of halogens is 1. The number of fused-ring (bicyclic) bond motifs is 1. The van der Waals surface area contributed by atoms with Crippen molar-refractivity contribution in [2.45, 2.75) is 19.4 Å². The predicted octanol–water partition coefficient (Wildman–Crippen LogP) is 3.00. The molecule has 32 heavy (non-hydrogen) atoms. The Kier molecular flexibility index (Phi) is 5.44. The lowest BCUT2D eigenvalue weighted by Gasteiger charge is -2.39. The molecule has 0 spiro atoms. The second kappa shape index (κ2) is 8.54. The highest BCUT2D eigenvalue weighted by Gasteiger charge is 2.28. The molecule has 5 rings (SSSR count). The van der Waals surface area contributed by atoms with Gasteiger partial charge in [-0.25, -0.2) is 13.9 Å². The standard InChI is InChI=1S/C22H25FN8O/c1-15-11-25-21(13-24-15)27-20-10-18-9-16(3-7-31(18)28-20)22-19(12-26-29(22)2)32-14-17-4-6-30(17)8-5-23/h3,7,9-13,17H,4-6,8,14H2,1-2H3,(H,25,27,28)/t17-/m1/s1. The van der Waals surface area contributed by atoms with Crippen LogP contribution < -0.4 is 10.1 Å². The number of hydrogen-bond acceptors (Lipinski definition) is 7. The van der Waals surface area contributed by atoms with Crippen molar-refractivity contribution >= 4 is 17.2 Å². The zero-order valence-electron chi connectivity index (χ0n) is 18.1. The van der Waals surface area contributed by atoms with Crippen LogP contribution in [0.1, 0.15) is 12.1 Å². The number of aromatic nitrogens is 6. The van der Waals surface area contributed by atoms with E-state index in [0.717, 1.165) is 41.2 Å². The average molecular weight is 436 g/mol. The molecule has 9 nitrogen and oxygen atoms in total. The van der Waals surface area contributed by atoms with E-state index in [9.17, 15) is 4.39 Å². The predicted molar refractivity (Wildman–Crippen MR) is 119 cm³/mol. The highest BCUT2D eigenvalue weighted by Crippen LogP contribution is 2.31. The van der Waals surface area contributed by atoms with Crippen LogP contribution in [0.4, 0.5) is 16.0 Å². The van der Waals surface area contributed by atoms with Crippen LogP contribution in [-0.4, -0.2) is 66.7 Å². The lowest BCUT2D eigenvalue weighted by Crippen LogP contribution is -2.51. The van der Waals surface area contributed by atoms with Crippen LogP contribution in [0.25, 0.3) is 16.8 Å². The third kappa shape index (κ3) is 4.01. The van der Waals surface area contributed by atoms with Gasteiger partial charge in [0.25, 0.3) is 0 Å². The van der Waals surface area contributed by atoms with Crippen molar-refractivity contribution in [2.24, 2.45) is 7.05 Å². The maximum Gasteiger partial charge on any atom is 0.165 e. The molecule has 0 bridgehead atoms. The number of nitrogens with zero attached hydrogens (tertiary/aromatic N) is 7. The van der Waals surface area contributed by atoms with E-state index >= 15 is 0 Å². The first-order valence-electron chi connectivity index (χ1n) is 10.6. The van der Waals surface area contributed by atoms with E-state index in [1.165, 1.54) is 0 Å². The first-order valence-corrected chi connectivity index (χ1v) is 10.6. The van der Waals surface area contributed by atoms with Crippen molar-refractivity contribution in [1.29, 1.82) is 0 Å². The van der Waals surface area contributed by atoms with E-state index in [-0.39, 0.29) is 12.7 Å². The second-order valence-electron chi connectivity index (χ2n) is 7.94. The van der Waals surface area contributed by atoms with Gasteiger partial charge in [0.2, 0.25) is 0 Å². The van der Waals surface area contributed by atoms with Crippen molar-refractivity contribution < 1.29 is 9.13 Å². The first-order chi connectivity index (χ1) is 15.6. The highest BCUT2D eigenvalue weighted by molar-refractivity contribution is 5.72. The molecule has 5 heterocycles. The first kappa shape index (κ1) is 20.4. The van der Waals surface area contributed by atoms with Crippen LogP contribution in [0.2, 0.25) is 0 Å². The number of pyridine rings is 1. The van der Waals surface area contributed by atoms with Crippen LogP contribution in [0, 0.1) is 6.92 Å². The summed E-state index contributed by atoms with van der Waals surface area (Å²) in [5.41, 5.74) is 3.65. The summed E-state index contributed by atoms with van der Waals surface area (Å²) in [6.45, 7) is 3.50. The van der Waals surface area contributed by atoms with E-state index in [2.05, 4.69) is 30.4 Å². The summed E-state index contributed by atoms with van der Waals surface area (Å²) < 4.78 is 22.3. The van der Waals surface area contributed by atoms with Gasteiger partial charge in [0, 0.05) is 44.0 Å². The van der Waals surface area contributed by atoms with Gasteiger partial charge in [0.1, 0.15) is 24.8 Å². The Hall–Kier alpha value is -3.53. The Balaban J connectivity index is 1.35. The molecular weight excluding hydrogens is 411 g/mol. The molecule has 166 valence electrons. The smallest absolute Gasteiger partial charge is 0.165 e. The molecule has 0 amide bonds. The minimum Gasteiger partial charge on any atom is -0.488 e. The summed E-state index contributed by atoms with van der Waals surface area (Å²) in [4.78, 5) is 10.7. The zero-order valence-corrected chi connectivity index (χ0v) is 18.1. The quantitative estimate of drug-likeness (QED) is 0.454. The molecule has 0 radical (unpaired) electrons. The number of nitrogens with one attached hydrogen (secondary N) is 1. The van der Waals surface area contributed by atoms with Gasteiger partial charge in [-0.2, -0.15) is 10.2 Å². The summed E-state index contributed by atoms with van der Waals surface area (Å²) in [6.07, 6.45) is 8.05. The number of aryl methyl sites for hydroxylation is 2. The summed E-state index contributed by atoms with van der Waals surface area (Å²) >= 11 is 0. The highest BCUT2D eigenvalue weighted by atomic mass is 19.1. The Bertz CT molecular complexity index is 1220. The van der Waals surface area contributed by atoms with Crippen molar-refractivity contribution in [3.63, 3.8) is 0 Å². The topological polar surface area (TPSA) is 85.4 Å². The lowest BCUT2D eigenvalue weighted by atomic mass is 10.0. The van der Waals surface area contributed by atoms with Gasteiger partial charge < -0.3 is 10.1 Å². The van der Waals surface area contributed by atoms with E-state index in [4.69, 9.17) is 4.74 Å². The monoisotopic (exact) mass is 436 g/mol. The molecule has 0 aromatic carbocycles. The summed E-state index contributed by atoms with van der Waals surface area (Å²) in [5.74, 6) is 2.04. The molecule has 0 saturated carbocycles. The minimum atomic E-state index is -0.326. The molecule has 1 aliphatic heterocycles. The summed E-state index contributed by atoms with van der Waals surface area (Å²) in [5, 5.41) is 12.1. The molecule has 0 aliphatic carbocycles. The number of ether oxygens (including phenoxy) is 1. The van der Waals surface area contributed by atoms with E-state index in [1.54, 1.807) is 27.8 Å². The molecule has 1 N–H and O–H groups in total. The van der Waals surface area contributed by atoms with Gasteiger partial charge in [-0.15, -0.1) is 0 Å². The second-order valence-corrected chi connectivity index (χ2v) is 7.94. The molecule has 10 heteroatoms. The Morgan fingerprint density at radius 3 is 2.84 bits per heavy atom. The molecule has 1 atom stereocenters. The number of alkyl halides is 1. The Morgan fingerprint density at radius 1 is 1.19 bits per heavy atom. The van der Waals surface area contributed by atoms with Crippen LogP contribution in [0.15, 0.2) is 43.0 Å². The van der Waals surface area contributed by atoms with Gasteiger partial charge in [-0.3, -0.25) is 14.6 Å². The van der Waals surface area contributed by atoms with Crippen molar-refractivity contribution in [3.05, 3.63) is 48.7 Å². The lowest BCUT2D eigenvalue weighted by molar-refractivity contribution is 0.0459. The maximum atomic E-state index is 12.6. The molecule has 4 aromatic rings. The molecule has 1 saturated heterocycles. The number of hydrogen-bond donors (Lipinski definition) is 1. The third-order valence-electron chi connectivity index (χ3n) is 5.75. The summed E-state index contributed by atoms with van der Waals surface area (Å²) in [6, 6.07) is 6.24. The molecule has 1 fully saturated rings. The number of likely N-dealkylation sites (tertiary alicyclic amines) is 1. The van der Waals surface area contributed by atoms with Gasteiger partial charge >= 0.3 is 0 Å². The van der Waals surface area contributed by atoms with Gasteiger partial charge in [-0.1, -0.05) is 0 Å². The number of anilines is 2. The van der Waals surface area contributed by atoms with Crippen LogP contribution in [0.5, 0.6) is 5.75 Å². The number of rotatable bonds is 8. The average Bonchev–Trinajstić information content (AvgIpc) is 3.34. The van der Waals surface area contributed by atoms with Crippen molar-refractivity contribution in [2.75, 3.05) is 31.7 Å². The molecule has 1 aliphatic rings. The van der Waals surface area contributed by atoms with Crippen LogP contribution in [-0.2, 0) is 7.05 Å². The molecular formula is C22H25FN8O. The summed E-state index contributed by atoms with van der Waals surface area (Å²) in [7, 11) is 1.89. The van der Waals surface area contributed by atoms with Gasteiger partial charge in [-0.05, 0) is 25.5 Å². The Labute approximate surface area is 184 Å². The van der Waals surface area contributed by atoms with Gasteiger partial charge in [0.15, 0.2) is 11.6 Å². The third-order valence-corrected chi connectivity index (χ3v) is 5.75. The minimum absolute atomic E-state index is 0.259. The Morgan fingerprint density at radius 2 is 2.09 bits per heavy atom. The van der Waals surface area contributed by atoms with Crippen LogP contribution >= 0.6 is 0 Å². The normalized spacial score (nSPS) is 16.3. The van der Waals surface area contributed by atoms with Crippen molar-refractivity contribution in [1.82, 2.24) is 34.3 Å². The maximum absolute atomic E-state index is 12.6. The van der Waals surface area contributed by atoms with Gasteiger partial charge in [0.05, 0.1) is 29.8 Å². The van der Waals surface area contributed by atoms with E-state index in [1.807, 2.05) is 38.4 Å². The fourth-order valence-corrected chi connectivity index (χ4v) is 3.92. The SMILES string of the molecule is Cc1cnc(Nc2cc3cc(-c4c(OC[C@H]5CCN5CCF)cnn4C)ccn3n2)cn1. The van der Waals surface area contributed by atoms with E-state index in [0.29, 0.717) is 24.8 Å². The largest absolute Gasteiger partial charge is 0.488 e.